The third-order valence-electron chi connectivity index (χ3n) is 1.63. The van der Waals surface area contributed by atoms with Crippen molar-refractivity contribution >= 4 is 41.3 Å². The Balaban J connectivity index is 2.94. The molecule has 0 saturated heterocycles. The highest BCUT2D eigenvalue weighted by Crippen LogP contribution is 2.28. The summed E-state index contributed by atoms with van der Waals surface area (Å²) in [7, 11) is 1.19. The third kappa shape index (κ3) is 1.60. The van der Waals surface area contributed by atoms with Gasteiger partial charge in [-0.3, -0.25) is 0 Å². The van der Waals surface area contributed by atoms with E-state index in [2.05, 4.69) is 4.98 Å². The summed E-state index contributed by atoms with van der Waals surface area (Å²) in [4.78, 5) is 3.53. The summed E-state index contributed by atoms with van der Waals surface area (Å²) in [6.07, 6.45) is 0. The Labute approximate surface area is 87.6 Å². The van der Waals surface area contributed by atoms with E-state index in [1.165, 1.54) is 11.6 Å². The smallest absolute Gasteiger partial charge is 0.243 e. The lowest BCUT2D eigenvalue weighted by molar-refractivity contribution is 0.604. The lowest BCUT2D eigenvalue weighted by Crippen LogP contribution is -1.93. The molecule has 1 aromatic heterocycles. The van der Waals surface area contributed by atoms with Gasteiger partial charge in [0, 0.05) is 10.7 Å². The summed E-state index contributed by atoms with van der Waals surface area (Å²) in [5, 5.41) is 0. The molecular weight excluding hydrogens is 249 g/mol. The molecule has 2 aromatic rings. The molecule has 0 aliphatic heterocycles. The number of hydrogen-bond donors (Lipinski definition) is 0. The van der Waals surface area contributed by atoms with Gasteiger partial charge in [0.1, 0.15) is 16.2 Å². The van der Waals surface area contributed by atoms with E-state index in [0.29, 0.717) is 4.70 Å². The predicted octanol–water partition coefficient (Wildman–Crippen LogP) is 2.36. The van der Waals surface area contributed by atoms with Gasteiger partial charge in [-0.1, -0.05) is 0 Å². The summed E-state index contributed by atoms with van der Waals surface area (Å²) < 4.78 is 35.5. The zero-order valence-corrected chi connectivity index (χ0v) is 8.96. The second-order valence-electron chi connectivity index (χ2n) is 2.54. The molecule has 0 atom stereocenters. The van der Waals surface area contributed by atoms with Crippen molar-refractivity contribution in [2.45, 2.75) is 4.90 Å². The molecule has 14 heavy (non-hydrogen) atoms. The van der Waals surface area contributed by atoms with Crippen LogP contribution >= 0.6 is 22.0 Å². The quantitative estimate of drug-likeness (QED) is 0.731. The minimum absolute atomic E-state index is 0.214. The Morgan fingerprint density at radius 1 is 1.43 bits per heavy atom. The maximum absolute atomic E-state index is 13.0. The number of rotatable bonds is 1. The second kappa shape index (κ2) is 3.15. The van der Waals surface area contributed by atoms with Crippen LogP contribution < -0.4 is 0 Å². The van der Waals surface area contributed by atoms with Gasteiger partial charge in [0.05, 0.1) is 10.2 Å². The highest BCUT2D eigenvalue weighted by Gasteiger charge is 2.17. The van der Waals surface area contributed by atoms with E-state index in [-0.39, 0.29) is 10.4 Å². The van der Waals surface area contributed by atoms with Gasteiger partial charge in [-0.25, -0.2) is 17.8 Å². The standard InChI is InChI=1S/C7H3ClFNO2S2/c8-14(11,12)6-2-4(9)1-5-7(6)10-3-13-5/h1-3H. The van der Waals surface area contributed by atoms with Gasteiger partial charge >= 0.3 is 0 Å². The summed E-state index contributed by atoms with van der Waals surface area (Å²) >= 11 is 1.16. The van der Waals surface area contributed by atoms with Crippen LogP contribution in [0.25, 0.3) is 10.2 Å². The largest absolute Gasteiger partial charge is 0.263 e. The molecule has 0 spiro atoms. The van der Waals surface area contributed by atoms with E-state index in [4.69, 9.17) is 10.7 Å². The van der Waals surface area contributed by atoms with Gasteiger partial charge in [-0.2, -0.15) is 0 Å². The molecule has 1 aromatic carbocycles. The summed E-state index contributed by atoms with van der Waals surface area (Å²) in [6, 6.07) is 2.09. The van der Waals surface area contributed by atoms with Crippen molar-refractivity contribution in [3.05, 3.63) is 23.5 Å². The molecule has 0 saturated carbocycles. The van der Waals surface area contributed by atoms with Crippen LogP contribution in [0.1, 0.15) is 0 Å². The van der Waals surface area contributed by atoms with E-state index >= 15 is 0 Å². The predicted molar refractivity (Wildman–Crippen MR) is 52.6 cm³/mol. The Morgan fingerprint density at radius 2 is 2.14 bits per heavy atom. The number of aromatic nitrogens is 1. The molecule has 0 N–H and O–H groups in total. The van der Waals surface area contributed by atoms with E-state index in [9.17, 15) is 12.8 Å². The first-order valence-corrected chi connectivity index (χ1v) is 6.65. The lowest BCUT2D eigenvalue weighted by Gasteiger charge is -1.97. The number of nitrogens with zero attached hydrogens (tertiary/aromatic N) is 1. The fraction of sp³-hybridized carbons (Fsp3) is 0. The van der Waals surface area contributed by atoms with E-state index < -0.39 is 14.9 Å². The molecule has 0 aliphatic carbocycles. The van der Waals surface area contributed by atoms with Crippen LogP contribution in [0, 0.1) is 5.82 Å². The molecule has 1 heterocycles. The summed E-state index contributed by atoms with van der Waals surface area (Å²) in [6.45, 7) is 0. The van der Waals surface area contributed by atoms with Crippen LogP contribution in [0.3, 0.4) is 0 Å². The van der Waals surface area contributed by atoms with Crippen LogP contribution in [-0.2, 0) is 9.05 Å². The van der Waals surface area contributed by atoms with Crippen LogP contribution in [0.5, 0.6) is 0 Å². The van der Waals surface area contributed by atoms with Crippen molar-refractivity contribution in [3.63, 3.8) is 0 Å². The Kier molecular flexibility index (Phi) is 2.21. The SMILES string of the molecule is O=S(=O)(Cl)c1cc(F)cc2scnc12. The first-order valence-electron chi connectivity index (χ1n) is 3.46. The van der Waals surface area contributed by atoms with Crippen LogP contribution in [0.4, 0.5) is 4.39 Å². The second-order valence-corrected chi connectivity index (χ2v) is 5.96. The van der Waals surface area contributed by atoms with E-state index in [1.807, 2.05) is 0 Å². The molecule has 0 amide bonds. The minimum atomic E-state index is -3.95. The lowest BCUT2D eigenvalue weighted by atomic mass is 10.3. The fourth-order valence-electron chi connectivity index (χ4n) is 1.09. The molecule has 0 bridgehead atoms. The molecular formula is C7H3ClFNO2S2. The molecule has 0 fully saturated rings. The Bertz CT molecular complexity index is 593. The first-order chi connectivity index (χ1) is 6.48. The maximum Gasteiger partial charge on any atom is 0.263 e. The average molecular weight is 252 g/mol. The summed E-state index contributed by atoms with van der Waals surface area (Å²) in [5.41, 5.74) is 1.65. The number of benzene rings is 1. The topological polar surface area (TPSA) is 47.0 Å². The molecule has 2 rings (SSSR count). The van der Waals surface area contributed by atoms with Gasteiger partial charge in [0.15, 0.2) is 0 Å². The third-order valence-corrected chi connectivity index (χ3v) is 3.74. The molecule has 74 valence electrons. The zero-order valence-electron chi connectivity index (χ0n) is 6.57. The van der Waals surface area contributed by atoms with Gasteiger partial charge in [0.2, 0.25) is 0 Å². The number of fused-ring (bicyclic) bond motifs is 1. The van der Waals surface area contributed by atoms with Gasteiger partial charge in [-0.15, -0.1) is 11.3 Å². The fourth-order valence-corrected chi connectivity index (χ4v) is 2.88. The van der Waals surface area contributed by atoms with Crippen molar-refractivity contribution in [3.8, 4) is 0 Å². The molecule has 7 heteroatoms. The van der Waals surface area contributed by atoms with Gasteiger partial charge in [-0.05, 0) is 12.1 Å². The zero-order chi connectivity index (χ0) is 10.3. The van der Waals surface area contributed by atoms with Crippen molar-refractivity contribution in [2.24, 2.45) is 0 Å². The first kappa shape index (κ1) is 9.82. The molecule has 3 nitrogen and oxygen atoms in total. The highest BCUT2D eigenvalue weighted by molar-refractivity contribution is 8.14. The Morgan fingerprint density at radius 3 is 2.79 bits per heavy atom. The van der Waals surface area contributed by atoms with E-state index in [1.54, 1.807) is 0 Å². The van der Waals surface area contributed by atoms with Crippen molar-refractivity contribution < 1.29 is 12.8 Å². The van der Waals surface area contributed by atoms with Gasteiger partial charge < -0.3 is 0 Å². The van der Waals surface area contributed by atoms with Crippen molar-refractivity contribution in [2.75, 3.05) is 0 Å². The number of thiazole rings is 1. The van der Waals surface area contributed by atoms with Crippen LogP contribution in [0.2, 0.25) is 0 Å². The van der Waals surface area contributed by atoms with Crippen molar-refractivity contribution in [1.82, 2.24) is 4.98 Å². The monoisotopic (exact) mass is 251 g/mol. The molecule has 0 aliphatic rings. The number of hydrogen-bond acceptors (Lipinski definition) is 4. The molecule has 0 radical (unpaired) electrons. The minimum Gasteiger partial charge on any atom is -0.243 e. The van der Waals surface area contributed by atoms with Crippen molar-refractivity contribution in [1.29, 1.82) is 0 Å². The van der Waals surface area contributed by atoms with Crippen LogP contribution in [-0.4, -0.2) is 13.4 Å². The summed E-state index contributed by atoms with van der Waals surface area (Å²) in [5.74, 6) is -0.638. The van der Waals surface area contributed by atoms with Crippen LogP contribution in [0.15, 0.2) is 22.5 Å². The number of halogens is 2. The highest BCUT2D eigenvalue weighted by atomic mass is 35.7. The average Bonchev–Trinajstić information content (AvgIpc) is 2.47. The molecule has 0 unspecified atom stereocenters. The maximum atomic E-state index is 13.0. The normalized spacial score (nSPS) is 12.1. The van der Waals surface area contributed by atoms with Gasteiger partial charge in [0.25, 0.3) is 9.05 Å². The van der Waals surface area contributed by atoms with E-state index in [0.717, 1.165) is 17.4 Å². The Hall–Kier alpha value is -0.720.